The summed E-state index contributed by atoms with van der Waals surface area (Å²) in [7, 11) is 0. The predicted molar refractivity (Wildman–Crippen MR) is 71.7 cm³/mol. The second-order valence-corrected chi connectivity index (χ2v) is 4.68. The molecule has 7 nitrogen and oxygen atoms in total. The highest BCUT2D eigenvalue weighted by molar-refractivity contribution is 5.81. The van der Waals surface area contributed by atoms with Crippen LogP contribution in [0.5, 0.6) is 0 Å². The number of rotatable bonds is 6. The predicted octanol–water partition coefficient (Wildman–Crippen LogP) is 1.51. The molecule has 0 spiro atoms. The first-order valence-corrected chi connectivity index (χ1v) is 6.62. The van der Waals surface area contributed by atoms with Gasteiger partial charge in [0.15, 0.2) is 5.52 Å². The number of carboxylic acid groups (broad SMARTS) is 1. The number of aliphatic carboxylic acids is 1. The van der Waals surface area contributed by atoms with Crippen LogP contribution in [0.1, 0.15) is 37.6 Å². The maximum atomic E-state index is 12.2. The highest BCUT2D eigenvalue weighted by Crippen LogP contribution is 2.18. The Bertz CT molecular complexity index is 687. The van der Waals surface area contributed by atoms with Crippen LogP contribution in [0.4, 0.5) is 0 Å². The lowest BCUT2D eigenvalue weighted by Crippen LogP contribution is -2.25. The zero-order chi connectivity index (χ0) is 14.7. The van der Waals surface area contributed by atoms with E-state index in [9.17, 15) is 9.59 Å². The Balaban J connectivity index is 2.42. The number of fused-ring (bicyclic) bond motifs is 1. The number of hydrogen-bond donors (Lipinski definition) is 1. The molecule has 1 N–H and O–H groups in total. The summed E-state index contributed by atoms with van der Waals surface area (Å²) >= 11 is 0. The lowest BCUT2D eigenvalue weighted by Gasteiger charge is -2.07. The van der Waals surface area contributed by atoms with Gasteiger partial charge in [0.05, 0.1) is 11.1 Å². The smallest absolute Gasteiger partial charge is 0.303 e. The van der Waals surface area contributed by atoms with Gasteiger partial charge in [0.1, 0.15) is 5.76 Å². The summed E-state index contributed by atoms with van der Waals surface area (Å²) in [5, 5.41) is 17.5. The number of carbonyl (C=O) groups is 1. The number of nitrogens with zero attached hydrogens (tertiary/aromatic N) is 3. The van der Waals surface area contributed by atoms with Crippen molar-refractivity contribution in [3.63, 3.8) is 0 Å². The molecule has 2 rings (SSSR count). The van der Waals surface area contributed by atoms with Crippen molar-refractivity contribution in [1.29, 1.82) is 0 Å². The summed E-state index contributed by atoms with van der Waals surface area (Å²) in [5.74, 6) is -0.295. The summed E-state index contributed by atoms with van der Waals surface area (Å²) in [6, 6.07) is 0. The molecule has 0 saturated carbocycles. The lowest BCUT2D eigenvalue weighted by molar-refractivity contribution is -0.137. The average Bonchev–Trinajstić information content (AvgIpc) is 2.77. The van der Waals surface area contributed by atoms with Crippen LogP contribution in [-0.2, 0) is 17.8 Å². The molecule has 20 heavy (non-hydrogen) atoms. The van der Waals surface area contributed by atoms with Gasteiger partial charge in [-0.15, -0.1) is 0 Å². The van der Waals surface area contributed by atoms with Crippen molar-refractivity contribution < 1.29 is 14.4 Å². The van der Waals surface area contributed by atoms with Crippen molar-refractivity contribution in [2.45, 2.75) is 46.1 Å². The fourth-order valence-electron chi connectivity index (χ4n) is 2.16. The summed E-state index contributed by atoms with van der Waals surface area (Å²) in [5.41, 5.74) is 0.717. The summed E-state index contributed by atoms with van der Waals surface area (Å²) < 4.78 is 6.37. The van der Waals surface area contributed by atoms with E-state index in [4.69, 9.17) is 9.63 Å². The average molecular weight is 279 g/mol. The van der Waals surface area contributed by atoms with E-state index < -0.39 is 5.97 Å². The van der Waals surface area contributed by atoms with Crippen molar-refractivity contribution in [3.05, 3.63) is 21.8 Å². The molecule has 0 aliphatic heterocycles. The molecule has 0 aliphatic rings. The van der Waals surface area contributed by atoms with Crippen LogP contribution in [0, 0.1) is 6.92 Å². The molecule has 0 saturated heterocycles. The van der Waals surface area contributed by atoms with Gasteiger partial charge < -0.3 is 9.63 Å². The van der Waals surface area contributed by atoms with Crippen LogP contribution in [0.15, 0.2) is 9.32 Å². The zero-order valence-corrected chi connectivity index (χ0v) is 11.5. The van der Waals surface area contributed by atoms with Crippen molar-refractivity contribution in [1.82, 2.24) is 14.9 Å². The summed E-state index contributed by atoms with van der Waals surface area (Å²) in [6.45, 7) is 4.05. The molecule has 0 amide bonds. The van der Waals surface area contributed by atoms with Crippen LogP contribution in [0.25, 0.3) is 10.9 Å². The van der Waals surface area contributed by atoms with E-state index >= 15 is 0 Å². The van der Waals surface area contributed by atoms with E-state index in [-0.39, 0.29) is 24.0 Å². The number of carboxylic acids is 1. The molecule has 108 valence electrons. The molecule has 0 atom stereocenters. The molecule has 7 heteroatoms. The Morgan fingerprint density at radius 2 is 2.20 bits per heavy atom. The van der Waals surface area contributed by atoms with Crippen molar-refractivity contribution in [2.24, 2.45) is 0 Å². The molecular weight excluding hydrogens is 262 g/mol. The van der Waals surface area contributed by atoms with E-state index in [1.807, 2.05) is 6.92 Å². The minimum atomic E-state index is -0.884. The van der Waals surface area contributed by atoms with Gasteiger partial charge in [0.2, 0.25) is 0 Å². The van der Waals surface area contributed by atoms with Gasteiger partial charge in [0, 0.05) is 13.0 Å². The normalized spacial score (nSPS) is 11.1. The molecule has 2 heterocycles. The van der Waals surface area contributed by atoms with Gasteiger partial charge in [-0.2, -0.15) is 5.10 Å². The van der Waals surface area contributed by atoms with E-state index in [1.54, 1.807) is 6.92 Å². The van der Waals surface area contributed by atoms with Crippen LogP contribution in [0.3, 0.4) is 0 Å². The largest absolute Gasteiger partial charge is 0.481 e. The van der Waals surface area contributed by atoms with Crippen LogP contribution in [-0.4, -0.2) is 26.0 Å². The number of hydrogen-bond acceptors (Lipinski definition) is 5. The first kappa shape index (κ1) is 14.2. The maximum absolute atomic E-state index is 12.2. The lowest BCUT2D eigenvalue weighted by atomic mass is 10.1. The van der Waals surface area contributed by atoms with E-state index in [1.165, 1.54) is 4.68 Å². The van der Waals surface area contributed by atoms with Crippen molar-refractivity contribution in [2.75, 3.05) is 0 Å². The molecule has 2 aromatic rings. The van der Waals surface area contributed by atoms with E-state index in [0.29, 0.717) is 17.6 Å². The highest BCUT2D eigenvalue weighted by atomic mass is 16.5. The van der Waals surface area contributed by atoms with Gasteiger partial charge in [-0.05, 0) is 19.8 Å². The molecule has 0 fully saturated rings. The van der Waals surface area contributed by atoms with Crippen LogP contribution in [0.2, 0.25) is 0 Å². The third kappa shape index (κ3) is 2.71. The Labute approximate surface area is 115 Å². The van der Waals surface area contributed by atoms with Gasteiger partial charge in [-0.3, -0.25) is 9.59 Å². The van der Waals surface area contributed by atoms with Gasteiger partial charge in [-0.25, -0.2) is 4.68 Å². The molecule has 0 unspecified atom stereocenters. The van der Waals surface area contributed by atoms with Gasteiger partial charge in [0.25, 0.3) is 5.56 Å². The van der Waals surface area contributed by atoms with E-state index in [2.05, 4.69) is 10.3 Å². The standard InChI is InChI=1S/C13H17N3O4/c1-3-5-9-11-8(2)20-15-12(11)13(19)16(14-9)7-4-6-10(17)18/h3-7H2,1-2H3,(H,17,18). The number of aryl methyl sites for hydroxylation is 3. The Kier molecular flexibility index (Phi) is 4.16. The first-order valence-electron chi connectivity index (χ1n) is 6.62. The Hall–Kier alpha value is -2.18. The minimum absolute atomic E-state index is 0.00706. The SMILES string of the molecule is CCCc1nn(CCCC(=O)O)c(=O)c2noc(C)c12. The van der Waals surface area contributed by atoms with Gasteiger partial charge in [-0.1, -0.05) is 18.5 Å². The Morgan fingerprint density at radius 1 is 1.45 bits per heavy atom. The number of aromatic nitrogens is 3. The third-order valence-corrected chi connectivity index (χ3v) is 3.08. The molecule has 0 aromatic carbocycles. The maximum Gasteiger partial charge on any atom is 0.303 e. The summed E-state index contributed by atoms with van der Waals surface area (Å²) in [6.07, 6.45) is 1.97. The molecule has 0 bridgehead atoms. The molecule has 2 aromatic heterocycles. The monoisotopic (exact) mass is 279 g/mol. The third-order valence-electron chi connectivity index (χ3n) is 3.08. The van der Waals surface area contributed by atoms with E-state index in [0.717, 1.165) is 18.5 Å². The topological polar surface area (TPSA) is 98.2 Å². The quantitative estimate of drug-likeness (QED) is 0.860. The minimum Gasteiger partial charge on any atom is -0.481 e. The Morgan fingerprint density at radius 3 is 2.85 bits per heavy atom. The first-order chi connectivity index (χ1) is 9.54. The highest BCUT2D eigenvalue weighted by Gasteiger charge is 2.16. The van der Waals surface area contributed by atoms with Crippen LogP contribution < -0.4 is 5.56 Å². The van der Waals surface area contributed by atoms with Crippen molar-refractivity contribution in [3.8, 4) is 0 Å². The second-order valence-electron chi connectivity index (χ2n) is 4.68. The molecular formula is C13H17N3O4. The molecule has 0 radical (unpaired) electrons. The summed E-state index contributed by atoms with van der Waals surface area (Å²) in [4.78, 5) is 22.7. The van der Waals surface area contributed by atoms with Gasteiger partial charge >= 0.3 is 5.97 Å². The van der Waals surface area contributed by atoms with Crippen LogP contribution >= 0.6 is 0 Å². The second kappa shape index (κ2) is 5.85. The van der Waals surface area contributed by atoms with Crippen molar-refractivity contribution >= 4 is 16.9 Å². The fourth-order valence-corrected chi connectivity index (χ4v) is 2.16. The molecule has 0 aliphatic carbocycles. The zero-order valence-electron chi connectivity index (χ0n) is 11.5. The fraction of sp³-hybridized carbons (Fsp3) is 0.538.